The molecule has 2 saturated heterocycles. The van der Waals surface area contributed by atoms with E-state index in [1.54, 1.807) is 30.3 Å². The van der Waals surface area contributed by atoms with Crippen LogP contribution in [0.5, 0.6) is 0 Å². The predicted octanol–water partition coefficient (Wildman–Crippen LogP) is 1.45. The third kappa shape index (κ3) is 3.55. The Balaban J connectivity index is 1.39. The lowest BCUT2D eigenvalue weighted by molar-refractivity contribution is -0.135. The molecular weight excluding hydrogens is 392 g/mol. The Kier molecular flexibility index (Phi) is 5.39. The van der Waals surface area contributed by atoms with Gasteiger partial charge in [0.2, 0.25) is 10.0 Å². The summed E-state index contributed by atoms with van der Waals surface area (Å²) in [6.45, 7) is 3.87. The SMILES string of the molecule is C[C@H]1CCCC[C@@]12NC(=O)N(CN1CCN(S(=O)(=O)c3ccccc3)CC1)C2=O. The van der Waals surface area contributed by atoms with Gasteiger partial charge in [-0.2, -0.15) is 4.31 Å². The van der Waals surface area contributed by atoms with Gasteiger partial charge in [-0.05, 0) is 30.9 Å². The van der Waals surface area contributed by atoms with Crippen molar-refractivity contribution in [3.05, 3.63) is 30.3 Å². The van der Waals surface area contributed by atoms with Crippen LogP contribution in [0.3, 0.4) is 0 Å². The van der Waals surface area contributed by atoms with Crippen molar-refractivity contribution < 1.29 is 18.0 Å². The van der Waals surface area contributed by atoms with Gasteiger partial charge in [0, 0.05) is 26.2 Å². The first-order valence-electron chi connectivity index (χ1n) is 10.3. The number of hydrogen-bond acceptors (Lipinski definition) is 5. The molecule has 1 saturated carbocycles. The molecule has 2 heterocycles. The van der Waals surface area contributed by atoms with Crippen LogP contribution >= 0.6 is 0 Å². The maximum absolute atomic E-state index is 13.1. The average Bonchev–Trinajstić information content (AvgIpc) is 2.96. The average molecular weight is 421 g/mol. The predicted molar refractivity (Wildman–Crippen MR) is 107 cm³/mol. The highest BCUT2D eigenvalue weighted by molar-refractivity contribution is 7.89. The van der Waals surface area contributed by atoms with Crippen LogP contribution in [0.4, 0.5) is 4.79 Å². The summed E-state index contributed by atoms with van der Waals surface area (Å²) in [4.78, 5) is 29.2. The van der Waals surface area contributed by atoms with Gasteiger partial charge in [-0.25, -0.2) is 18.1 Å². The molecule has 1 aromatic carbocycles. The molecular formula is C20H28N4O4S. The Morgan fingerprint density at radius 2 is 1.76 bits per heavy atom. The molecule has 8 nitrogen and oxygen atoms in total. The molecule has 3 amide bonds. The van der Waals surface area contributed by atoms with Crippen molar-refractivity contribution in [1.82, 2.24) is 19.4 Å². The normalized spacial score (nSPS) is 29.4. The molecule has 2 atom stereocenters. The van der Waals surface area contributed by atoms with Crippen molar-refractivity contribution in [3.8, 4) is 0 Å². The molecule has 9 heteroatoms. The number of benzene rings is 1. The molecule has 29 heavy (non-hydrogen) atoms. The quantitative estimate of drug-likeness (QED) is 0.745. The van der Waals surface area contributed by atoms with Crippen molar-refractivity contribution in [2.75, 3.05) is 32.8 Å². The van der Waals surface area contributed by atoms with Gasteiger partial charge in [-0.15, -0.1) is 0 Å². The molecule has 1 aliphatic carbocycles. The fourth-order valence-electron chi connectivity index (χ4n) is 4.68. The molecule has 0 aromatic heterocycles. The number of piperazine rings is 1. The van der Waals surface area contributed by atoms with Crippen LogP contribution in [0, 0.1) is 5.92 Å². The lowest BCUT2D eigenvalue weighted by atomic mass is 9.73. The first kappa shape index (κ1) is 20.3. The molecule has 1 aromatic rings. The summed E-state index contributed by atoms with van der Waals surface area (Å²) >= 11 is 0. The van der Waals surface area contributed by atoms with Crippen LogP contribution in [0.25, 0.3) is 0 Å². The third-order valence-corrected chi connectivity index (χ3v) is 8.47. The van der Waals surface area contributed by atoms with Gasteiger partial charge in [0.05, 0.1) is 11.6 Å². The zero-order valence-electron chi connectivity index (χ0n) is 16.7. The minimum absolute atomic E-state index is 0.130. The molecule has 1 N–H and O–H groups in total. The highest BCUT2D eigenvalue weighted by atomic mass is 32.2. The van der Waals surface area contributed by atoms with Gasteiger partial charge in [0.15, 0.2) is 0 Å². The van der Waals surface area contributed by atoms with E-state index in [4.69, 9.17) is 0 Å². The second kappa shape index (κ2) is 7.70. The van der Waals surface area contributed by atoms with E-state index < -0.39 is 15.6 Å². The summed E-state index contributed by atoms with van der Waals surface area (Å²) in [5.41, 5.74) is -0.756. The molecule has 0 radical (unpaired) electrons. The number of imide groups is 1. The molecule has 4 rings (SSSR count). The van der Waals surface area contributed by atoms with Crippen molar-refractivity contribution in [2.24, 2.45) is 5.92 Å². The second-order valence-electron chi connectivity index (χ2n) is 8.26. The first-order chi connectivity index (χ1) is 13.8. The number of hydrogen-bond donors (Lipinski definition) is 1. The smallest absolute Gasteiger partial charge is 0.323 e. The zero-order chi connectivity index (χ0) is 20.6. The van der Waals surface area contributed by atoms with E-state index in [1.165, 1.54) is 9.21 Å². The fraction of sp³-hybridized carbons (Fsp3) is 0.600. The molecule has 2 aliphatic heterocycles. The van der Waals surface area contributed by atoms with E-state index in [0.717, 1.165) is 19.3 Å². The standard InChI is InChI=1S/C20H28N4O4S/c1-16-7-5-6-10-20(16)18(25)24(19(26)21-20)15-22-11-13-23(14-12-22)29(27,28)17-8-3-2-4-9-17/h2-4,8-9,16H,5-7,10-15H2,1H3,(H,21,26)/t16-,20+/m0/s1. The van der Waals surface area contributed by atoms with E-state index in [2.05, 4.69) is 5.32 Å². The lowest BCUT2D eigenvalue weighted by Gasteiger charge is -2.38. The van der Waals surface area contributed by atoms with E-state index in [1.807, 2.05) is 11.8 Å². The summed E-state index contributed by atoms with van der Waals surface area (Å²) in [7, 11) is -3.52. The monoisotopic (exact) mass is 420 g/mol. The van der Waals surface area contributed by atoms with Gasteiger partial charge < -0.3 is 5.32 Å². The topological polar surface area (TPSA) is 90.0 Å². The van der Waals surface area contributed by atoms with Crippen LogP contribution in [-0.4, -0.2) is 72.8 Å². The number of sulfonamides is 1. The molecule has 158 valence electrons. The van der Waals surface area contributed by atoms with Crippen molar-refractivity contribution in [1.29, 1.82) is 0 Å². The van der Waals surface area contributed by atoms with Crippen molar-refractivity contribution in [3.63, 3.8) is 0 Å². The minimum Gasteiger partial charge on any atom is -0.323 e. The highest BCUT2D eigenvalue weighted by Crippen LogP contribution is 2.38. The molecule has 0 bridgehead atoms. The van der Waals surface area contributed by atoms with E-state index in [-0.39, 0.29) is 29.4 Å². The Hall–Kier alpha value is -1.97. The first-order valence-corrected chi connectivity index (χ1v) is 11.7. The van der Waals surface area contributed by atoms with Crippen LogP contribution in [0.15, 0.2) is 35.2 Å². The Morgan fingerprint density at radius 3 is 2.41 bits per heavy atom. The Bertz CT molecular complexity index is 883. The van der Waals surface area contributed by atoms with Gasteiger partial charge in [-0.3, -0.25) is 9.69 Å². The summed E-state index contributed by atoms with van der Waals surface area (Å²) in [6, 6.07) is 8.07. The number of rotatable bonds is 4. The Labute approximate surface area is 171 Å². The number of carbonyl (C=O) groups excluding carboxylic acids is 2. The van der Waals surface area contributed by atoms with Crippen LogP contribution in [0.1, 0.15) is 32.6 Å². The summed E-state index contributed by atoms with van der Waals surface area (Å²) in [6.07, 6.45) is 3.67. The van der Waals surface area contributed by atoms with Crippen molar-refractivity contribution >= 4 is 22.0 Å². The summed E-state index contributed by atoms with van der Waals surface area (Å²) < 4.78 is 27.0. The second-order valence-corrected chi connectivity index (χ2v) is 10.2. The fourth-order valence-corrected chi connectivity index (χ4v) is 6.12. The van der Waals surface area contributed by atoms with Crippen molar-refractivity contribution in [2.45, 2.75) is 43.0 Å². The zero-order valence-corrected chi connectivity index (χ0v) is 17.5. The molecule has 3 fully saturated rings. The molecule has 1 spiro atoms. The largest absolute Gasteiger partial charge is 0.326 e. The molecule has 0 unspecified atom stereocenters. The summed E-state index contributed by atoms with van der Waals surface area (Å²) in [5.74, 6) is -0.000371. The number of amides is 3. The van der Waals surface area contributed by atoms with Crippen LogP contribution in [0.2, 0.25) is 0 Å². The van der Waals surface area contributed by atoms with Gasteiger partial charge in [0.25, 0.3) is 5.91 Å². The van der Waals surface area contributed by atoms with E-state index in [9.17, 15) is 18.0 Å². The molecule has 3 aliphatic rings. The summed E-state index contributed by atoms with van der Waals surface area (Å²) in [5, 5.41) is 2.97. The Morgan fingerprint density at radius 1 is 1.07 bits per heavy atom. The van der Waals surface area contributed by atoms with Gasteiger partial charge >= 0.3 is 6.03 Å². The number of carbonyl (C=O) groups is 2. The highest BCUT2D eigenvalue weighted by Gasteiger charge is 2.55. The maximum atomic E-state index is 13.1. The van der Waals surface area contributed by atoms with Gasteiger partial charge in [-0.1, -0.05) is 38.0 Å². The van der Waals surface area contributed by atoms with E-state index in [0.29, 0.717) is 32.6 Å². The number of nitrogens with one attached hydrogen (secondary N) is 1. The third-order valence-electron chi connectivity index (χ3n) is 6.56. The number of urea groups is 1. The minimum atomic E-state index is -3.52. The maximum Gasteiger partial charge on any atom is 0.326 e. The van der Waals surface area contributed by atoms with Crippen LogP contribution < -0.4 is 5.32 Å². The number of nitrogens with zero attached hydrogens (tertiary/aromatic N) is 3. The van der Waals surface area contributed by atoms with E-state index >= 15 is 0 Å². The van der Waals surface area contributed by atoms with Crippen LogP contribution in [-0.2, 0) is 14.8 Å². The lowest BCUT2D eigenvalue weighted by Crippen LogP contribution is -2.55. The van der Waals surface area contributed by atoms with Gasteiger partial charge in [0.1, 0.15) is 5.54 Å².